The van der Waals surface area contributed by atoms with Crippen molar-refractivity contribution in [3.63, 3.8) is 0 Å². The van der Waals surface area contributed by atoms with E-state index in [2.05, 4.69) is 0 Å². The van der Waals surface area contributed by atoms with Crippen LogP contribution in [0.25, 0.3) is 0 Å². The van der Waals surface area contributed by atoms with Gasteiger partial charge in [0.2, 0.25) is 0 Å². The first-order valence-electron chi connectivity index (χ1n) is 2.15. The molecule has 0 aromatic heterocycles. The van der Waals surface area contributed by atoms with Gasteiger partial charge in [-0.25, -0.2) is 0 Å². The Morgan fingerprint density at radius 3 is 0.667 bits per heavy atom. The van der Waals surface area contributed by atoms with Crippen molar-refractivity contribution in [3.05, 3.63) is 0 Å². The maximum absolute atomic E-state index is 8.89. The Bertz CT molecular complexity index is 79.9. The topological polar surface area (TPSA) is 172 Å². The van der Waals surface area contributed by atoms with Gasteiger partial charge in [0, 0.05) is 11.9 Å². The van der Waals surface area contributed by atoms with Crippen LogP contribution in [0, 0.1) is 0 Å². The largest absolute Gasteiger partial charge is 2.00 e. The first-order chi connectivity index (χ1) is 5.46. The summed E-state index contributed by atoms with van der Waals surface area (Å²) in [5.74, 6) is -2.17. The van der Waals surface area contributed by atoms with E-state index in [4.69, 9.17) is 40.8 Å². The predicted octanol–water partition coefficient (Wildman–Crippen LogP) is -7.25. The van der Waals surface area contributed by atoms with E-state index in [0.717, 1.165) is 13.8 Å². The third-order valence-electron chi connectivity index (χ3n) is 0. The average Bonchev–Trinajstić information content (AvgIpc) is 1.93. The van der Waals surface area contributed by atoms with Crippen LogP contribution < -0.4 is 31.2 Å². The second kappa shape index (κ2) is 61.7. The third-order valence-corrected chi connectivity index (χ3v) is 0. The zero-order valence-corrected chi connectivity index (χ0v) is 17.3. The standard InChI is InChI=1S/2C2H4O2.2O2.3Zn/c2*1-2(3)4;2*1-2;;;/h2*1H3,(H,3,4);;;;;/q;;2*-2;3*+2/p-2. The summed E-state index contributed by atoms with van der Waals surface area (Å²) in [4.78, 5) is 17.8. The van der Waals surface area contributed by atoms with Crippen LogP contribution in [0.1, 0.15) is 13.8 Å². The van der Waals surface area contributed by atoms with Gasteiger partial charge in [0.1, 0.15) is 0 Å². The third kappa shape index (κ3) is 5550. The summed E-state index contributed by atoms with van der Waals surface area (Å²) in [5.41, 5.74) is 0. The van der Waals surface area contributed by atoms with Crippen LogP contribution in [0.4, 0.5) is 0 Å². The maximum Gasteiger partial charge on any atom is 2.00 e. The van der Waals surface area contributed by atoms with Gasteiger partial charge >= 0.3 is 58.4 Å². The van der Waals surface area contributed by atoms with Crippen molar-refractivity contribution in [1.82, 2.24) is 0 Å². The van der Waals surface area contributed by atoms with E-state index >= 15 is 0 Å². The molecule has 0 unspecified atom stereocenters. The van der Waals surface area contributed by atoms with Gasteiger partial charge in [-0.3, -0.25) is 0 Å². The SMILES string of the molecule is CC(=O)[O-].CC(=O)[O-].[O-][O-].[O-][O-].[Zn+2].[Zn+2].[Zn+2]. The molecule has 0 radical (unpaired) electrons. The van der Waals surface area contributed by atoms with Gasteiger partial charge in [-0.15, -0.1) is 0 Å². The van der Waals surface area contributed by atoms with Crippen molar-refractivity contribution in [2.24, 2.45) is 0 Å². The first kappa shape index (κ1) is 44.9. The molecule has 0 aliphatic heterocycles. The van der Waals surface area contributed by atoms with Gasteiger partial charge in [-0.1, -0.05) is 0 Å². The number of rotatable bonds is 0. The van der Waals surface area contributed by atoms with Crippen molar-refractivity contribution < 1.29 is 99.3 Å². The minimum absolute atomic E-state index is 0. The van der Waals surface area contributed by atoms with E-state index in [1.165, 1.54) is 0 Å². The minimum Gasteiger partial charge on any atom is -1.00 e. The molecule has 0 bridgehead atoms. The van der Waals surface area contributed by atoms with Gasteiger partial charge in [-0.05, 0) is 13.8 Å². The normalized spacial score (nSPS) is 4.13. The molecule has 15 heavy (non-hydrogen) atoms. The Morgan fingerprint density at radius 1 is 0.667 bits per heavy atom. The van der Waals surface area contributed by atoms with E-state index in [1.807, 2.05) is 0 Å². The van der Waals surface area contributed by atoms with Gasteiger partial charge in [0.25, 0.3) is 0 Å². The molecule has 0 spiro atoms. The number of carboxylic acid groups (broad SMARTS) is 2. The summed E-state index contributed by atoms with van der Waals surface area (Å²) in [6.07, 6.45) is 0. The fraction of sp³-hybridized carbons (Fsp3) is 0.500. The molecule has 76 valence electrons. The van der Waals surface area contributed by atoms with Crippen LogP contribution in [-0.2, 0) is 68.0 Å². The molecule has 0 N–H and O–H groups in total. The van der Waals surface area contributed by atoms with Gasteiger partial charge in [-0.2, -0.15) is 0 Å². The second-order valence-electron chi connectivity index (χ2n) is 0.983. The van der Waals surface area contributed by atoms with Crippen LogP contribution >= 0.6 is 0 Å². The van der Waals surface area contributed by atoms with Crippen LogP contribution in [0.3, 0.4) is 0 Å². The molecule has 0 aromatic carbocycles. The summed E-state index contributed by atoms with van der Waals surface area (Å²) in [5, 5.41) is 45.8. The molecule has 0 aromatic rings. The van der Waals surface area contributed by atoms with E-state index < -0.39 is 11.9 Å². The summed E-state index contributed by atoms with van der Waals surface area (Å²) >= 11 is 0. The summed E-state index contributed by atoms with van der Waals surface area (Å²) < 4.78 is 0. The maximum atomic E-state index is 8.89. The Kier molecular flexibility index (Phi) is 185. The Morgan fingerprint density at radius 2 is 0.667 bits per heavy atom. The quantitative estimate of drug-likeness (QED) is 0.227. The van der Waals surface area contributed by atoms with Crippen LogP contribution in [-0.4, -0.2) is 11.9 Å². The van der Waals surface area contributed by atoms with Crippen LogP contribution in [0.2, 0.25) is 0 Å². The van der Waals surface area contributed by atoms with Crippen LogP contribution in [0.15, 0.2) is 0 Å². The van der Waals surface area contributed by atoms with E-state index in [-0.39, 0.29) is 58.4 Å². The summed E-state index contributed by atoms with van der Waals surface area (Å²) in [6, 6.07) is 0. The zero-order chi connectivity index (χ0) is 11.2. The fourth-order valence-electron chi connectivity index (χ4n) is 0. The summed E-state index contributed by atoms with van der Waals surface area (Å²) in [7, 11) is 0. The smallest absolute Gasteiger partial charge is 1.00 e. The zero-order valence-electron chi connectivity index (χ0n) is 8.39. The van der Waals surface area contributed by atoms with Crippen molar-refractivity contribution in [2.75, 3.05) is 0 Å². The molecule has 11 heteroatoms. The monoisotopic (exact) mass is 374 g/mol. The Hall–Kier alpha value is 0.650. The molecule has 0 atom stereocenters. The van der Waals surface area contributed by atoms with Crippen molar-refractivity contribution >= 4 is 11.9 Å². The second-order valence-corrected chi connectivity index (χ2v) is 0.983. The van der Waals surface area contributed by atoms with Gasteiger partial charge in [0.15, 0.2) is 0 Å². The fourth-order valence-corrected chi connectivity index (χ4v) is 0. The molecule has 0 aliphatic rings. The van der Waals surface area contributed by atoms with Crippen molar-refractivity contribution in [2.45, 2.75) is 13.8 Å². The average molecular weight is 378 g/mol. The van der Waals surface area contributed by atoms with Crippen molar-refractivity contribution in [3.8, 4) is 0 Å². The Labute approximate surface area is 124 Å². The number of aliphatic carboxylic acids is 2. The summed E-state index contributed by atoms with van der Waals surface area (Å²) in [6.45, 7) is 1.94. The molecular weight excluding hydrogens is 372 g/mol. The molecule has 0 fully saturated rings. The van der Waals surface area contributed by atoms with E-state index in [0.29, 0.717) is 0 Å². The van der Waals surface area contributed by atoms with Crippen LogP contribution in [0.5, 0.6) is 0 Å². The predicted molar refractivity (Wildman–Crippen MR) is 21.4 cm³/mol. The molecule has 0 saturated carbocycles. The number of carbonyl (C=O) groups excluding carboxylic acids is 2. The molecule has 0 rings (SSSR count). The number of hydrogen-bond donors (Lipinski definition) is 0. The van der Waals surface area contributed by atoms with Crippen molar-refractivity contribution in [1.29, 1.82) is 0 Å². The molecule has 0 heterocycles. The van der Waals surface area contributed by atoms with E-state index in [1.54, 1.807) is 0 Å². The molecule has 8 nitrogen and oxygen atoms in total. The minimum atomic E-state index is -1.08. The molecule has 0 saturated heterocycles. The van der Waals surface area contributed by atoms with Gasteiger partial charge in [0.05, 0.1) is 0 Å². The number of hydrogen-bond acceptors (Lipinski definition) is 8. The number of carbonyl (C=O) groups is 2. The molecule has 0 aliphatic carbocycles. The Balaban J connectivity index is -0.0000000112. The number of carboxylic acids is 2. The van der Waals surface area contributed by atoms with Gasteiger partial charge < -0.3 is 40.8 Å². The molecular formula is C4H6O8Zn3. The van der Waals surface area contributed by atoms with E-state index in [9.17, 15) is 0 Å². The molecule has 0 amide bonds. The first-order valence-corrected chi connectivity index (χ1v) is 2.15.